The van der Waals surface area contributed by atoms with E-state index in [0.717, 1.165) is 12.8 Å². The quantitative estimate of drug-likeness (QED) is 0.731. The molecule has 0 atom stereocenters. The summed E-state index contributed by atoms with van der Waals surface area (Å²) in [6.07, 6.45) is 1.88. The van der Waals surface area contributed by atoms with Crippen molar-refractivity contribution >= 4 is 33.2 Å². The fraction of sp³-hybridized carbons (Fsp3) is 0.381. The van der Waals surface area contributed by atoms with Gasteiger partial charge in [-0.1, -0.05) is 42.8 Å². The Morgan fingerprint density at radius 3 is 2.39 bits per heavy atom. The predicted molar refractivity (Wildman–Crippen MR) is 112 cm³/mol. The first kappa shape index (κ1) is 20.7. The average Bonchev–Trinajstić information content (AvgIpc) is 2.69. The van der Waals surface area contributed by atoms with E-state index in [4.69, 9.17) is 11.6 Å². The van der Waals surface area contributed by atoms with E-state index in [1.807, 2.05) is 0 Å². The molecule has 1 aliphatic rings. The first-order valence-electron chi connectivity index (χ1n) is 9.41. The minimum Gasteiger partial charge on any atom is -0.341 e. The van der Waals surface area contributed by atoms with Crippen LogP contribution in [0.2, 0.25) is 5.02 Å². The smallest absolute Gasteiger partial charge is 0.264 e. The molecule has 150 valence electrons. The molecule has 0 saturated carbocycles. The zero-order valence-corrected chi connectivity index (χ0v) is 17.7. The van der Waals surface area contributed by atoms with Crippen molar-refractivity contribution in [2.75, 3.05) is 23.9 Å². The van der Waals surface area contributed by atoms with Crippen LogP contribution in [0.1, 0.15) is 25.3 Å². The lowest BCUT2D eigenvalue weighted by Gasteiger charge is -2.33. The molecule has 2 aromatic carbocycles. The number of rotatable bonds is 5. The molecule has 0 spiro atoms. The van der Waals surface area contributed by atoms with Crippen molar-refractivity contribution in [2.45, 2.75) is 31.6 Å². The molecule has 0 bridgehead atoms. The van der Waals surface area contributed by atoms with Crippen molar-refractivity contribution in [3.8, 4) is 0 Å². The average molecular weight is 421 g/mol. The highest BCUT2D eigenvalue weighted by atomic mass is 35.5. The van der Waals surface area contributed by atoms with Crippen molar-refractivity contribution < 1.29 is 13.2 Å². The molecule has 1 fully saturated rings. The summed E-state index contributed by atoms with van der Waals surface area (Å²) < 4.78 is 27.9. The maximum atomic E-state index is 13.4. The molecular weight excluding hydrogens is 396 g/mol. The predicted octanol–water partition coefficient (Wildman–Crippen LogP) is 4.10. The molecule has 1 heterocycles. The largest absolute Gasteiger partial charge is 0.341 e. The summed E-state index contributed by atoms with van der Waals surface area (Å²) >= 11 is 6.24. The lowest BCUT2D eigenvalue weighted by atomic mass is 9.99. The van der Waals surface area contributed by atoms with Gasteiger partial charge in [0, 0.05) is 18.1 Å². The van der Waals surface area contributed by atoms with Crippen molar-refractivity contribution in [1.82, 2.24) is 4.90 Å². The fourth-order valence-corrected chi connectivity index (χ4v) is 5.03. The lowest BCUT2D eigenvalue weighted by Crippen LogP contribution is -2.46. The topological polar surface area (TPSA) is 57.7 Å². The zero-order valence-electron chi connectivity index (χ0n) is 16.1. The number of amides is 1. The molecule has 1 saturated heterocycles. The highest BCUT2D eigenvalue weighted by Crippen LogP contribution is 2.31. The molecule has 7 heteroatoms. The second kappa shape index (κ2) is 8.53. The molecule has 0 aromatic heterocycles. The second-order valence-corrected chi connectivity index (χ2v) is 9.54. The van der Waals surface area contributed by atoms with Gasteiger partial charge in [0.2, 0.25) is 5.91 Å². The molecule has 0 N–H and O–H groups in total. The summed E-state index contributed by atoms with van der Waals surface area (Å²) in [6, 6.07) is 13.3. The zero-order chi connectivity index (χ0) is 20.3. The SMILES string of the molecule is Cc1c(Cl)cccc1N(CC(=O)N1CCC(C)CC1)S(=O)(=O)c1ccccc1. The van der Waals surface area contributed by atoms with Crippen LogP contribution in [0, 0.1) is 12.8 Å². The second-order valence-electron chi connectivity index (χ2n) is 7.27. The first-order chi connectivity index (χ1) is 13.3. The summed E-state index contributed by atoms with van der Waals surface area (Å²) in [5, 5.41) is 0.463. The number of halogens is 1. The fourth-order valence-electron chi connectivity index (χ4n) is 3.37. The lowest BCUT2D eigenvalue weighted by molar-refractivity contribution is -0.130. The van der Waals surface area contributed by atoms with Gasteiger partial charge >= 0.3 is 0 Å². The Morgan fingerprint density at radius 1 is 1.11 bits per heavy atom. The van der Waals surface area contributed by atoms with Gasteiger partial charge in [-0.3, -0.25) is 9.10 Å². The van der Waals surface area contributed by atoms with Gasteiger partial charge in [-0.15, -0.1) is 0 Å². The number of carbonyl (C=O) groups is 1. The van der Waals surface area contributed by atoms with Gasteiger partial charge in [0.1, 0.15) is 6.54 Å². The van der Waals surface area contributed by atoms with E-state index in [9.17, 15) is 13.2 Å². The third-order valence-electron chi connectivity index (χ3n) is 5.25. The Balaban J connectivity index is 1.98. The van der Waals surface area contributed by atoms with Crippen LogP contribution >= 0.6 is 11.6 Å². The number of piperidine rings is 1. The number of hydrogen-bond acceptors (Lipinski definition) is 3. The van der Waals surface area contributed by atoms with Crippen LogP contribution in [-0.2, 0) is 14.8 Å². The minimum absolute atomic E-state index is 0.148. The van der Waals surface area contributed by atoms with Crippen molar-refractivity contribution in [2.24, 2.45) is 5.92 Å². The van der Waals surface area contributed by atoms with Crippen LogP contribution < -0.4 is 4.31 Å². The molecule has 0 aliphatic carbocycles. The molecule has 2 aromatic rings. The van der Waals surface area contributed by atoms with E-state index in [1.165, 1.54) is 16.4 Å². The van der Waals surface area contributed by atoms with Crippen LogP contribution in [0.3, 0.4) is 0 Å². The van der Waals surface area contributed by atoms with E-state index < -0.39 is 10.0 Å². The number of anilines is 1. The number of likely N-dealkylation sites (tertiary alicyclic amines) is 1. The summed E-state index contributed by atoms with van der Waals surface area (Å²) in [4.78, 5) is 14.9. The van der Waals surface area contributed by atoms with Crippen LogP contribution in [-0.4, -0.2) is 38.9 Å². The highest BCUT2D eigenvalue weighted by molar-refractivity contribution is 7.92. The van der Waals surface area contributed by atoms with E-state index in [0.29, 0.717) is 35.3 Å². The Kier molecular flexibility index (Phi) is 6.30. The third kappa shape index (κ3) is 4.33. The first-order valence-corrected chi connectivity index (χ1v) is 11.2. The van der Waals surface area contributed by atoms with Gasteiger partial charge in [0.25, 0.3) is 10.0 Å². The number of carbonyl (C=O) groups excluding carboxylic acids is 1. The number of hydrogen-bond donors (Lipinski definition) is 0. The van der Waals surface area contributed by atoms with E-state index in [1.54, 1.807) is 48.2 Å². The van der Waals surface area contributed by atoms with E-state index >= 15 is 0 Å². The van der Waals surface area contributed by atoms with Crippen LogP contribution in [0.4, 0.5) is 5.69 Å². The van der Waals surface area contributed by atoms with Gasteiger partial charge in [0.05, 0.1) is 10.6 Å². The number of nitrogens with zero attached hydrogens (tertiary/aromatic N) is 2. The summed E-state index contributed by atoms with van der Waals surface area (Å²) in [6.45, 7) is 5.01. The monoisotopic (exact) mass is 420 g/mol. The maximum Gasteiger partial charge on any atom is 0.264 e. The Labute approximate surface area is 172 Å². The van der Waals surface area contributed by atoms with Gasteiger partial charge in [-0.25, -0.2) is 8.42 Å². The van der Waals surface area contributed by atoms with Crippen LogP contribution in [0.15, 0.2) is 53.4 Å². The van der Waals surface area contributed by atoms with Crippen LogP contribution in [0.25, 0.3) is 0 Å². The Bertz CT molecular complexity index is 939. The molecule has 0 radical (unpaired) electrons. The third-order valence-corrected chi connectivity index (χ3v) is 7.44. The standard InChI is InChI=1S/C21H25ClN2O3S/c1-16-11-13-23(14-12-16)21(25)15-24(20-10-6-9-19(22)17(20)2)28(26,27)18-7-4-3-5-8-18/h3-10,16H,11-15H2,1-2H3. The van der Waals surface area contributed by atoms with Crippen LogP contribution in [0.5, 0.6) is 0 Å². The normalized spacial score (nSPS) is 15.5. The molecule has 1 amide bonds. The molecule has 3 rings (SSSR count). The molecule has 1 aliphatic heterocycles. The maximum absolute atomic E-state index is 13.4. The Morgan fingerprint density at radius 2 is 1.75 bits per heavy atom. The molecular formula is C21H25ClN2O3S. The van der Waals surface area contributed by atoms with Crippen molar-refractivity contribution in [1.29, 1.82) is 0 Å². The van der Waals surface area contributed by atoms with Gasteiger partial charge in [-0.2, -0.15) is 0 Å². The van der Waals surface area contributed by atoms with Gasteiger partial charge < -0.3 is 4.90 Å². The Hall–Kier alpha value is -2.05. The van der Waals surface area contributed by atoms with Gasteiger partial charge in [0.15, 0.2) is 0 Å². The van der Waals surface area contributed by atoms with Gasteiger partial charge in [-0.05, 0) is 55.5 Å². The summed E-state index contributed by atoms with van der Waals surface area (Å²) in [5.41, 5.74) is 1.05. The molecule has 0 unspecified atom stereocenters. The summed E-state index contributed by atoms with van der Waals surface area (Å²) in [5.74, 6) is 0.397. The van der Waals surface area contributed by atoms with Crippen molar-refractivity contribution in [3.63, 3.8) is 0 Å². The summed E-state index contributed by atoms with van der Waals surface area (Å²) in [7, 11) is -3.91. The minimum atomic E-state index is -3.91. The van der Waals surface area contributed by atoms with E-state index in [2.05, 4.69) is 6.92 Å². The number of benzene rings is 2. The van der Waals surface area contributed by atoms with E-state index in [-0.39, 0.29) is 17.3 Å². The highest BCUT2D eigenvalue weighted by Gasteiger charge is 2.31. The number of sulfonamides is 1. The van der Waals surface area contributed by atoms with Crippen molar-refractivity contribution in [3.05, 3.63) is 59.1 Å². The molecule has 5 nitrogen and oxygen atoms in total. The molecule has 28 heavy (non-hydrogen) atoms.